The molecule has 0 bridgehead atoms. The van der Waals surface area contributed by atoms with Gasteiger partial charge >= 0.3 is 0 Å². The maximum atomic E-state index is 11.1. The first-order valence-electron chi connectivity index (χ1n) is 3.96. The molecule has 1 rings (SSSR count). The highest BCUT2D eigenvalue weighted by molar-refractivity contribution is 7.90. The highest BCUT2D eigenvalue weighted by Crippen LogP contribution is 2.10. The lowest BCUT2D eigenvalue weighted by molar-refractivity contribution is -0.104. The number of carbonyl (C=O) groups excluding carboxylic acids is 1. The van der Waals surface area contributed by atoms with Crippen LogP contribution in [0.5, 0.6) is 0 Å². The Morgan fingerprint density at radius 2 is 1.71 bits per heavy atom. The Morgan fingerprint density at radius 1 is 1.14 bits per heavy atom. The molecule has 4 heteroatoms. The van der Waals surface area contributed by atoms with Crippen molar-refractivity contribution in [3.63, 3.8) is 0 Å². The molecule has 0 heterocycles. The van der Waals surface area contributed by atoms with Crippen LogP contribution in [0.3, 0.4) is 0 Å². The molecule has 0 aliphatic heterocycles. The Hall–Kier alpha value is -1.42. The molecule has 14 heavy (non-hydrogen) atoms. The largest absolute Gasteiger partial charge is 0.299 e. The lowest BCUT2D eigenvalue weighted by atomic mass is 10.2. The molecule has 1 aromatic rings. The lowest BCUT2D eigenvalue weighted by Crippen LogP contribution is -1.95. The number of carbonyl (C=O) groups is 1. The van der Waals surface area contributed by atoms with Crippen molar-refractivity contribution < 1.29 is 13.2 Å². The zero-order chi connectivity index (χ0) is 10.6. The van der Waals surface area contributed by atoms with Gasteiger partial charge in [0.25, 0.3) is 0 Å². The number of aldehydes is 1. The summed E-state index contributed by atoms with van der Waals surface area (Å²) in [6.45, 7) is 0. The van der Waals surface area contributed by atoms with Crippen LogP contribution in [0.15, 0.2) is 35.2 Å². The van der Waals surface area contributed by atoms with E-state index in [-0.39, 0.29) is 4.90 Å². The van der Waals surface area contributed by atoms with Gasteiger partial charge in [-0.2, -0.15) is 0 Å². The standard InChI is InChI=1S/C10H10O3S/c1-14(12,13)10-6-4-9(5-7-10)3-2-8-11/h2-8H,1H3/b3-2+. The van der Waals surface area contributed by atoms with Gasteiger partial charge in [-0.3, -0.25) is 4.79 Å². The van der Waals surface area contributed by atoms with Gasteiger partial charge in [0.1, 0.15) is 6.29 Å². The third-order valence-electron chi connectivity index (χ3n) is 1.68. The minimum atomic E-state index is -3.13. The van der Waals surface area contributed by atoms with Gasteiger partial charge in [-0.1, -0.05) is 18.2 Å². The average Bonchev–Trinajstić information content (AvgIpc) is 2.14. The SMILES string of the molecule is CS(=O)(=O)c1ccc(/C=C/C=O)cc1. The van der Waals surface area contributed by atoms with Crippen LogP contribution in [-0.4, -0.2) is 21.0 Å². The predicted octanol–water partition coefficient (Wildman–Crippen LogP) is 1.30. The zero-order valence-electron chi connectivity index (χ0n) is 7.67. The first kappa shape index (κ1) is 10.7. The van der Waals surface area contributed by atoms with E-state index >= 15 is 0 Å². The van der Waals surface area contributed by atoms with Crippen molar-refractivity contribution in [3.05, 3.63) is 35.9 Å². The van der Waals surface area contributed by atoms with Crippen LogP contribution in [0.2, 0.25) is 0 Å². The molecule has 0 fully saturated rings. The van der Waals surface area contributed by atoms with E-state index in [2.05, 4.69) is 0 Å². The monoisotopic (exact) mass is 210 g/mol. The third-order valence-corrected chi connectivity index (χ3v) is 2.80. The Balaban J connectivity index is 3.01. The lowest BCUT2D eigenvalue weighted by Gasteiger charge is -1.97. The molecule has 0 spiro atoms. The minimum Gasteiger partial charge on any atom is -0.299 e. The molecule has 0 radical (unpaired) electrons. The fraction of sp³-hybridized carbons (Fsp3) is 0.100. The molecule has 74 valence electrons. The van der Waals surface area contributed by atoms with E-state index in [4.69, 9.17) is 0 Å². The van der Waals surface area contributed by atoms with E-state index in [1.807, 2.05) is 0 Å². The fourth-order valence-electron chi connectivity index (χ4n) is 0.977. The molecule has 0 atom stereocenters. The third kappa shape index (κ3) is 2.81. The smallest absolute Gasteiger partial charge is 0.175 e. The van der Waals surface area contributed by atoms with Crippen molar-refractivity contribution in [1.82, 2.24) is 0 Å². The summed E-state index contributed by atoms with van der Waals surface area (Å²) in [6.07, 6.45) is 4.79. The molecule has 0 N–H and O–H groups in total. The summed E-state index contributed by atoms with van der Waals surface area (Å²) in [7, 11) is -3.13. The van der Waals surface area contributed by atoms with Gasteiger partial charge < -0.3 is 0 Å². The number of benzene rings is 1. The van der Waals surface area contributed by atoms with Crippen molar-refractivity contribution in [1.29, 1.82) is 0 Å². The Labute approximate surface area is 83.0 Å². The predicted molar refractivity (Wildman–Crippen MR) is 54.6 cm³/mol. The van der Waals surface area contributed by atoms with Gasteiger partial charge in [0.05, 0.1) is 4.90 Å². The van der Waals surface area contributed by atoms with Crippen LogP contribution in [0.25, 0.3) is 6.08 Å². The molecular formula is C10H10O3S. The van der Waals surface area contributed by atoms with E-state index in [1.165, 1.54) is 18.2 Å². The van der Waals surface area contributed by atoms with Gasteiger partial charge in [0.2, 0.25) is 0 Å². The minimum absolute atomic E-state index is 0.278. The summed E-state index contributed by atoms with van der Waals surface area (Å²) in [6, 6.07) is 6.33. The van der Waals surface area contributed by atoms with E-state index in [0.29, 0.717) is 6.29 Å². The van der Waals surface area contributed by atoms with E-state index < -0.39 is 9.84 Å². The Morgan fingerprint density at radius 3 is 2.14 bits per heavy atom. The summed E-state index contributed by atoms with van der Waals surface area (Å²) < 4.78 is 22.2. The molecule has 0 amide bonds. The molecule has 0 unspecified atom stereocenters. The maximum absolute atomic E-state index is 11.1. The molecule has 0 aromatic heterocycles. The van der Waals surface area contributed by atoms with E-state index in [9.17, 15) is 13.2 Å². The number of sulfone groups is 1. The highest BCUT2D eigenvalue weighted by atomic mass is 32.2. The summed E-state index contributed by atoms with van der Waals surface area (Å²) in [4.78, 5) is 10.3. The number of hydrogen-bond acceptors (Lipinski definition) is 3. The summed E-state index contributed by atoms with van der Waals surface area (Å²) in [5, 5.41) is 0. The second-order valence-corrected chi connectivity index (χ2v) is 4.85. The second kappa shape index (κ2) is 4.19. The summed E-state index contributed by atoms with van der Waals surface area (Å²) in [5.74, 6) is 0. The Kier molecular flexibility index (Phi) is 3.19. The number of hydrogen-bond donors (Lipinski definition) is 0. The van der Waals surface area contributed by atoms with Crippen molar-refractivity contribution in [3.8, 4) is 0 Å². The van der Waals surface area contributed by atoms with Crippen molar-refractivity contribution in [2.45, 2.75) is 4.90 Å². The first-order valence-corrected chi connectivity index (χ1v) is 5.85. The fourth-order valence-corrected chi connectivity index (χ4v) is 1.61. The van der Waals surface area contributed by atoms with Gasteiger partial charge in [0, 0.05) is 6.26 Å². The summed E-state index contributed by atoms with van der Waals surface area (Å²) >= 11 is 0. The molecule has 0 saturated heterocycles. The second-order valence-electron chi connectivity index (χ2n) is 2.84. The Bertz CT molecular complexity index is 441. The topological polar surface area (TPSA) is 51.2 Å². The van der Waals surface area contributed by atoms with Crippen LogP contribution >= 0.6 is 0 Å². The molecule has 0 aliphatic rings. The molecule has 3 nitrogen and oxygen atoms in total. The molecule has 0 aliphatic carbocycles. The van der Waals surface area contributed by atoms with Crippen molar-refractivity contribution in [2.24, 2.45) is 0 Å². The normalized spacial score (nSPS) is 11.8. The van der Waals surface area contributed by atoms with Crippen LogP contribution in [0, 0.1) is 0 Å². The molecule has 0 saturated carbocycles. The van der Waals surface area contributed by atoms with Gasteiger partial charge in [-0.05, 0) is 23.8 Å². The first-order chi connectivity index (χ1) is 6.54. The molecular weight excluding hydrogens is 200 g/mol. The maximum Gasteiger partial charge on any atom is 0.175 e. The highest BCUT2D eigenvalue weighted by Gasteiger charge is 2.04. The van der Waals surface area contributed by atoms with E-state index in [1.54, 1.807) is 18.2 Å². The quantitative estimate of drug-likeness (QED) is 0.558. The van der Waals surface area contributed by atoms with Gasteiger partial charge in [0.15, 0.2) is 9.84 Å². The van der Waals surface area contributed by atoms with Crippen molar-refractivity contribution in [2.75, 3.05) is 6.26 Å². The van der Waals surface area contributed by atoms with Gasteiger partial charge in [-0.25, -0.2) is 8.42 Å². The number of allylic oxidation sites excluding steroid dienone is 1. The van der Waals surface area contributed by atoms with Crippen LogP contribution < -0.4 is 0 Å². The summed E-state index contributed by atoms with van der Waals surface area (Å²) in [5.41, 5.74) is 0.796. The van der Waals surface area contributed by atoms with Crippen LogP contribution in [0.1, 0.15) is 5.56 Å². The molecule has 1 aromatic carbocycles. The van der Waals surface area contributed by atoms with Crippen LogP contribution in [0.4, 0.5) is 0 Å². The van der Waals surface area contributed by atoms with Gasteiger partial charge in [-0.15, -0.1) is 0 Å². The average molecular weight is 210 g/mol. The van der Waals surface area contributed by atoms with E-state index in [0.717, 1.165) is 11.8 Å². The zero-order valence-corrected chi connectivity index (χ0v) is 8.49. The van der Waals surface area contributed by atoms with Crippen molar-refractivity contribution >= 4 is 22.2 Å². The van der Waals surface area contributed by atoms with Crippen LogP contribution in [-0.2, 0) is 14.6 Å². The number of rotatable bonds is 3.